The molecule has 0 aliphatic carbocycles. The molecule has 246 valence electrons. The third kappa shape index (κ3) is 5.70. The maximum atomic E-state index is 5.16. The van der Waals surface area contributed by atoms with Crippen LogP contribution in [0, 0.1) is 0 Å². The van der Waals surface area contributed by atoms with Crippen LogP contribution in [0.1, 0.15) is 43.0 Å². The van der Waals surface area contributed by atoms with E-state index in [1.165, 1.54) is 37.9 Å². The van der Waals surface area contributed by atoms with Gasteiger partial charge in [0.25, 0.3) is 0 Å². The molecule has 5 aromatic carbocycles. The average molecular weight is 673 g/mol. The van der Waals surface area contributed by atoms with Crippen LogP contribution in [-0.2, 0) is 0 Å². The molecule has 1 aliphatic heterocycles. The molecule has 0 atom stereocenters. The molecule has 0 radical (unpaired) electrons. The molecule has 0 N–H and O–H groups in total. The van der Waals surface area contributed by atoms with Crippen LogP contribution in [0.4, 0.5) is 0 Å². The molecule has 0 spiro atoms. The van der Waals surface area contributed by atoms with Crippen LogP contribution in [0.2, 0.25) is 5.04 Å². The van der Waals surface area contributed by atoms with E-state index < -0.39 is 8.07 Å². The van der Waals surface area contributed by atoms with E-state index in [2.05, 4.69) is 209 Å². The smallest absolute Gasteiger partial charge is 0.156 e. The van der Waals surface area contributed by atoms with Crippen LogP contribution in [0.5, 0.6) is 0 Å². The van der Waals surface area contributed by atoms with E-state index in [1.807, 2.05) is 0 Å². The van der Waals surface area contributed by atoms with Crippen molar-refractivity contribution in [2.75, 3.05) is 0 Å². The van der Waals surface area contributed by atoms with Crippen LogP contribution in [0.3, 0.4) is 0 Å². The number of pyridine rings is 2. The first kappa shape index (κ1) is 32.3. The Balaban J connectivity index is 1.51. The summed E-state index contributed by atoms with van der Waals surface area (Å²) >= 11 is 0. The first-order valence-corrected chi connectivity index (χ1v) is 19.7. The van der Waals surface area contributed by atoms with Gasteiger partial charge >= 0.3 is 0 Å². The zero-order chi connectivity index (χ0) is 34.8. The quantitative estimate of drug-likeness (QED) is 0.158. The summed E-state index contributed by atoms with van der Waals surface area (Å²) in [6, 6.07) is 63.2. The molecule has 0 saturated heterocycles. The Morgan fingerprint density at radius 2 is 0.686 bits per heavy atom. The zero-order valence-electron chi connectivity index (χ0n) is 29.3. The third-order valence-corrected chi connectivity index (χ3v) is 16.2. The van der Waals surface area contributed by atoms with Crippen molar-refractivity contribution in [2.45, 2.75) is 25.8 Å². The molecule has 0 saturated carbocycles. The normalized spacial score (nSPS) is 14.2. The summed E-state index contributed by atoms with van der Waals surface area (Å²) in [6.45, 7) is 7.33. The van der Waals surface area contributed by atoms with Gasteiger partial charge in [-0.2, -0.15) is 0 Å². The zero-order valence-corrected chi connectivity index (χ0v) is 30.3. The van der Waals surface area contributed by atoms with Crippen molar-refractivity contribution in [2.24, 2.45) is 0 Å². The topological polar surface area (TPSA) is 25.8 Å². The molecule has 2 nitrogen and oxygen atoms in total. The van der Waals surface area contributed by atoms with E-state index >= 15 is 0 Å². The molecule has 51 heavy (non-hydrogen) atoms. The van der Waals surface area contributed by atoms with Gasteiger partial charge in [-0.3, -0.25) is 9.97 Å². The Labute approximate surface area is 302 Å². The van der Waals surface area contributed by atoms with Crippen molar-refractivity contribution < 1.29 is 0 Å². The van der Waals surface area contributed by atoms with Crippen molar-refractivity contribution in [3.05, 3.63) is 211 Å². The lowest BCUT2D eigenvalue weighted by Gasteiger charge is -2.45. The van der Waals surface area contributed by atoms with Gasteiger partial charge in [-0.15, -0.1) is 0 Å². The molecule has 3 heteroatoms. The Morgan fingerprint density at radius 1 is 0.353 bits per heavy atom. The molecule has 0 unspecified atom stereocenters. The molecule has 0 fully saturated rings. The maximum absolute atomic E-state index is 5.16. The molecule has 8 rings (SSSR count). The molecular formula is C48H40N2Si. The lowest BCUT2D eigenvalue weighted by molar-refractivity contribution is 0.741. The lowest BCUT2D eigenvalue weighted by Crippen LogP contribution is -2.56. The molecule has 0 bridgehead atoms. The van der Waals surface area contributed by atoms with Gasteiger partial charge in [-0.05, 0) is 66.2 Å². The highest BCUT2D eigenvalue weighted by Gasteiger charge is 2.58. The third-order valence-electron chi connectivity index (χ3n) is 10.2. The predicted octanol–water partition coefficient (Wildman–Crippen LogP) is 11.6. The minimum atomic E-state index is -2.96. The van der Waals surface area contributed by atoms with E-state index in [-0.39, 0.29) is 5.04 Å². The summed E-state index contributed by atoms with van der Waals surface area (Å²) in [5.74, 6) is 0. The minimum absolute atomic E-state index is 0.161. The second kappa shape index (κ2) is 13.4. The summed E-state index contributed by atoms with van der Waals surface area (Å²) in [6.07, 6.45) is 4.25. The summed E-state index contributed by atoms with van der Waals surface area (Å²) in [4.78, 5) is 10.3. The first-order chi connectivity index (χ1) is 25.0. The fourth-order valence-electron chi connectivity index (χ4n) is 8.06. The maximum Gasteiger partial charge on any atom is 0.156 e. The molecule has 7 aromatic rings. The van der Waals surface area contributed by atoms with Crippen LogP contribution in [0.25, 0.3) is 44.1 Å². The number of aromatic nitrogens is 2. The number of nitrogens with zero attached hydrogens (tertiary/aromatic N) is 2. The van der Waals surface area contributed by atoms with Crippen LogP contribution < -0.4 is 5.19 Å². The number of hydrogen-bond donors (Lipinski definition) is 0. The fourth-order valence-corrected chi connectivity index (χ4v) is 14.4. The summed E-state index contributed by atoms with van der Waals surface area (Å²) in [7, 11) is -2.96. The Morgan fingerprint density at radius 3 is 1.00 bits per heavy atom. The van der Waals surface area contributed by atoms with Gasteiger partial charge < -0.3 is 0 Å². The van der Waals surface area contributed by atoms with Crippen LogP contribution in [0.15, 0.2) is 188 Å². The van der Waals surface area contributed by atoms with Gasteiger partial charge in [0.05, 0.1) is 11.4 Å². The number of rotatable bonds is 7. The van der Waals surface area contributed by atoms with Crippen molar-refractivity contribution in [1.29, 1.82) is 0 Å². The number of hydrogen-bond acceptors (Lipinski definition) is 2. The van der Waals surface area contributed by atoms with Crippen molar-refractivity contribution >= 4 is 34.8 Å². The van der Waals surface area contributed by atoms with Crippen molar-refractivity contribution in [3.63, 3.8) is 0 Å². The summed E-state index contributed by atoms with van der Waals surface area (Å²) < 4.78 is 0. The number of allylic oxidation sites excluding steroid dienone is 2. The van der Waals surface area contributed by atoms with Gasteiger partial charge in [0.1, 0.15) is 0 Å². The van der Waals surface area contributed by atoms with Gasteiger partial charge in [0.2, 0.25) is 0 Å². The molecular weight excluding hydrogens is 633 g/mol. The highest BCUT2D eigenvalue weighted by molar-refractivity contribution is 7.23. The fraction of sp³-hybridized carbons (Fsp3) is 0.0833. The van der Waals surface area contributed by atoms with Gasteiger partial charge in [0.15, 0.2) is 8.07 Å². The van der Waals surface area contributed by atoms with E-state index in [0.717, 1.165) is 33.6 Å². The molecule has 2 aromatic heterocycles. The van der Waals surface area contributed by atoms with E-state index in [9.17, 15) is 0 Å². The van der Waals surface area contributed by atoms with Crippen LogP contribution >= 0.6 is 0 Å². The second-order valence-corrected chi connectivity index (χ2v) is 18.8. The van der Waals surface area contributed by atoms with E-state index in [1.54, 1.807) is 0 Å². The average Bonchev–Trinajstić information content (AvgIpc) is 3.53. The standard InChI is InChI=1S/C48H40N2Si/c1-48(2,3)51(41-27-17-8-18-28-41)46(39-29-31-42(49-33-39)35-19-9-4-10-20-35)44(37-23-13-6-14-24-37)45(38-25-15-7-16-26-38)47(51)40-30-32-43(50-34-40)36-21-11-5-12-22-36/h4-34H,1-3H3. The molecule has 1 aliphatic rings. The van der Waals surface area contributed by atoms with Gasteiger partial charge in [0, 0.05) is 23.5 Å². The largest absolute Gasteiger partial charge is 0.256 e. The van der Waals surface area contributed by atoms with Crippen LogP contribution in [-0.4, -0.2) is 18.0 Å². The first-order valence-electron chi connectivity index (χ1n) is 17.7. The number of benzene rings is 5. The monoisotopic (exact) mass is 672 g/mol. The van der Waals surface area contributed by atoms with Gasteiger partial charge in [-0.25, -0.2) is 0 Å². The Bertz CT molecular complexity index is 2180. The summed E-state index contributed by atoms with van der Waals surface area (Å²) in [5.41, 5.74) is 11.5. The molecule has 0 amide bonds. The van der Waals surface area contributed by atoms with Gasteiger partial charge in [-0.1, -0.05) is 185 Å². The highest BCUT2D eigenvalue weighted by atomic mass is 28.3. The minimum Gasteiger partial charge on any atom is -0.256 e. The Hall–Kier alpha value is -5.90. The lowest BCUT2D eigenvalue weighted by atomic mass is 9.89. The second-order valence-electron chi connectivity index (χ2n) is 14.2. The SMILES string of the molecule is CC(C)(C)[Si]1(c2ccccc2)C(c2ccc(-c3ccccc3)nc2)=C(c2ccccc2)C(c2ccccc2)=C1c1ccc(-c2ccccc2)nc1. The summed E-state index contributed by atoms with van der Waals surface area (Å²) in [5, 5.41) is 3.99. The van der Waals surface area contributed by atoms with Crippen molar-refractivity contribution in [3.8, 4) is 22.5 Å². The highest BCUT2D eigenvalue weighted by Crippen LogP contribution is 2.62. The predicted molar refractivity (Wildman–Crippen MR) is 217 cm³/mol. The van der Waals surface area contributed by atoms with E-state index in [4.69, 9.17) is 9.97 Å². The van der Waals surface area contributed by atoms with E-state index in [0.29, 0.717) is 0 Å². The van der Waals surface area contributed by atoms with Crippen molar-refractivity contribution in [1.82, 2.24) is 9.97 Å². The molecule has 3 heterocycles. The Kier molecular flexibility index (Phi) is 8.51.